The number of hydrogen-bond acceptors (Lipinski definition) is 4. The molecule has 0 aliphatic rings. The number of halogens is 1. The molecule has 1 aromatic heterocycles. The van der Waals surface area contributed by atoms with Crippen LogP contribution in [0.1, 0.15) is 45.1 Å². The number of aromatic nitrogens is 1. The van der Waals surface area contributed by atoms with Crippen LogP contribution in [0.5, 0.6) is 0 Å². The van der Waals surface area contributed by atoms with Crippen LogP contribution in [0.15, 0.2) is 40.8 Å². The normalized spacial score (nSPS) is 12.0. The minimum atomic E-state index is -0.166. The first-order valence-electron chi connectivity index (χ1n) is 9.22. The minimum absolute atomic E-state index is 0.166. The van der Waals surface area contributed by atoms with Gasteiger partial charge >= 0.3 is 0 Å². The molecule has 0 fully saturated rings. The maximum atomic E-state index is 11.5. The zero-order valence-electron chi connectivity index (χ0n) is 16.0. The van der Waals surface area contributed by atoms with Gasteiger partial charge in [0.05, 0.1) is 10.7 Å². The quantitative estimate of drug-likeness (QED) is 0.509. The SMILES string of the molecule is CCC(=O)NC(=S)Nc1cc(-c2nc3cc([C@H](C)CC)ccc3o2)ccc1Cl. The molecular formula is C21H22ClN3O2S. The van der Waals surface area contributed by atoms with Gasteiger partial charge in [-0.05, 0) is 60.5 Å². The summed E-state index contributed by atoms with van der Waals surface area (Å²) < 4.78 is 5.92. The van der Waals surface area contributed by atoms with Gasteiger partial charge in [-0.2, -0.15) is 0 Å². The van der Waals surface area contributed by atoms with Crippen LogP contribution in [0.2, 0.25) is 5.02 Å². The number of amides is 1. The Hall–Kier alpha value is -2.44. The summed E-state index contributed by atoms with van der Waals surface area (Å²) in [5.41, 5.74) is 4.13. The van der Waals surface area contributed by atoms with E-state index in [0.29, 0.717) is 28.9 Å². The number of fused-ring (bicyclic) bond motifs is 1. The highest BCUT2D eigenvalue weighted by Gasteiger charge is 2.13. The van der Waals surface area contributed by atoms with E-state index >= 15 is 0 Å². The van der Waals surface area contributed by atoms with Crippen molar-refractivity contribution < 1.29 is 9.21 Å². The van der Waals surface area contributed by atoms with Gasteiger partial charge in [0.25, 0.3) is 0 Å². The summed E-state index contributed by atoms with van der Waals surface area (Å²) in [6.07, 6.45) is 1.41. The van der Waals surface area contributed by atoms with E-state index in [1.54, 1.807) is 19.1 Å². The van der Waals surface area contributed by atoms with Crippen molar-refractivity contribution in [1.29, 1.82) is 0 Å². The molecule has 0 spiro atoms. The molecule has 1 heterocycles. The van der Waals surface area contributed by atoms with Gasteiger partial charge in [0.2, 0.25) is 11.8 Å². The first-order valence-corrected chi connectivity index (χ1v) is 10.0. The zero-order valence-corrected chi connectivity index (χ0v) is 17.6. The van der Waals surface area contributed by atoms with Crippen LogP contribution in [0.25, 0.3) is 22.6 Å². The molecular weight excluding hydrogens is 394 g/mol. The number of carbonyl (C=O) groups excluding carboxylic acids is 1. The molecule has 0 aliphatic heterocycles. The van der Waals surface area contributed by atoms with Crippen LogP contribution >= 0.6 is 23.8 Å². The first-order chi connectivity index (χ1) is 13.4. The molecule has 1 amide bonds. The Balaban J connectivity index is 1.89. The van der Waals surface area contributed by atoms with E-state index in [0.717, 1.165) is 23.1 Å². The third-order valence-electron chi connectivity index (χ3n) is 4.63. The van der Waals surface area contributed by atoms with Crippen molar-refractivity contribution >= 4 is 51.6 Å². The average Bonchev–Trinajstić information content (AvgIpc) is 3.12. The molecule has 28 heavy (non-hydrogen) atoms. The monoisotopic (exact) mass is 415 g/mol. The Morgan fingerprint density at radius 3 is 2.75 bits per heavy atom. The standard InChI is InChI=1S/C21H22ClN3O2S/c1-4-12(3)13-7-9-18-17(10-13)23-20(27-18)14-6-8-15(22)16(11-14)24-21(28)25-19(26)5-2/h6-12H,4-5H2,1-3H3,(H2,24,25,26,28)/t12-/m1/s1. The number of anilines is 1. The Labute approximate surface area is 174 Å². The molecule has 5 nitrogen and oxygen atoms in total. The highest BCUT2D eigenvalue weighted by atomic mass is 35.5. The summed E-state index contributed by atoms with van der Waals surface area (Å²) in [6.45, 7) is 6.11. The van der Waals surface area contributed by atoms with Crippen LogP contribution in [0.3, 0.4) is 0 Å². The molecule has 0 radical (unpaired) electrons. The lowest BCUT2D eigenvalue weighted by Crippen LogP contribution is -2.33. The topological polar surface area (TPSA) is 67.2 Å². The molecule has 146 valence electrons. The highest BCUT2D eigenvalue weighted by Crippen LogP contribution is 2.31. The van der Waals surface area contributed by atoms with Crippen molar-refractivity contribution in [2.45, 2.75) is 39.5 Å². The predicted molar refractivity (Wildman–Crippen MR) is 118 cm³/mol. The fraction of sp³-hybridized carbons (Fsp3) is 0.286. The summed E-state index contributed by atoms with van der Waals surface area (Å²) in [7, 11) is 0. The summed E-state index contributed by atoms with van der Waals surface area (Å²) in [6, 6.07) is 11.5. The van der Waals surface area contributed by atoms with Gasteiger partial charge in [-0.25, -0.2) is 4.98 Å². The smallest absolute Gasteiger partial charge is 0.227 e. The zero-order chi connectivity index (χ0) is 20.3. The van der Waals surface area contributed by atoms with Gasteiger partial charge in [-0.1, -0.05) is 38.4 Å². The van der Waals surface area contributed by atoms with Crippen molar-refractivity contribution in [3.05, 3.63) is 47.0 Å². The van der Waals surface area contributed by atoms with Crippen LogP contribution in [0.4, 0.5) is 5.69 Å². The van der Waals surface area contributed by atoms with Crippen molar-refractivity contribution in [1.82, 2.24) is 10.3 Å². The maximum Gasteiger partial charge on any atom is 0.227 e. The summed E-state index contributed by atoms with van der Waals surface area (Å²) >= 11 is 11.4. The number of nitrogens with one attached hydrogen (secondary N) is 2. The Bertz CT molecular complexity index is 1030. The molecule has 7 heteroatoms. The van der Waals surface area contributed by atoms with Crippen LogP contribution in [0, 0.1) is 0 Å². The Morgan fingerprint density at radius 2 is 2.04 bits per heavy atom. The first kappa shape index (κ1) is 20.3. The lowest BCUT2D eigenvalue weighted by Gasteiger charge is -2.11. The molecule has 3 aromatic rings. The fourth-order valence-corrected chi connectivity index (χ4v) is 3.12. The van der Waals surface area contributed by atoms with E-state index in [9.17, 15) is 4.79 Å². The molecule has 0 unspecified atom stereocenters. The number of carbonyl (C=O) groups is 1. The molecule has 2 aromatic carbocycles. The van der Waals surface area contributed by atoms with E-state index in [1.807, 2.05) is 12.1 Å². The van der Waals surface area contributed by atoms with Crippen molar-refractivity contribution in [3.8, 4) is 11.5 Å². The maximum absolute atomic E-state index is 11.5. The number of nitrogens with zero attached hydrogens (tertiary/aromatic N) is 1. The summed E-state index contributed by atoms with van der Waals surface area (Å²) in [5.74, 6) is 0.801. The number of hydrogen-bond donors (Lipinski definition) is 2. The predicted octanol–water partition coefficient (Wildman–Crippen LogP) is 5.88. The highest BCUT2D eigenvalue weighted by molar-refractivity contribution is 7.80. The molecule has 0 bridgehead atoms. The van der Waals surface area contributed by atoms with E-state index < -0.39 is 0 Å². The van der Waals surface area contributed by atoms with Crippen molar-refractivity contribution in [2.24, 2.45) is 0 Å². The fourth-order valence-electron chi connectivity index (χ4n) is 2.73. The van der Waals surface area contributed by atoms with Gasteiger partial charge in [-0.15, -0.1) is 0 Å². The van der Waals surface area contributed by atoms with Crippen molar-refractivity contribution in [2.75, 3.05) is 5.32 Å². The van der Waals surface area contributed by atoms with Gasteiger partial charge in [0.15, 0.2) is 10.7 Å². The minimum Gasteiger partial charge on any atom is -0.436 e. The van der Waals surface area contributed by atoms with Crippen LogP contribution in [-0.4, -0.2) is 16.0 Å². The van der Waals surface area contributed by atoms with E-state index in [1.165, 1.54) is 5.56 Å². The summed E-state index contributed by atoms with van der Waals surface area (Å²) in [4.78, 5) is 16.1. The second kappa shape index (κ2) is 8.71. The molecule has 2 N–H and O–H groups in total. The van der Waals surface area contributed by atoms with E-state index in [4.69, 9.17) is 28.2 Å². The third kappa shape index (κ3) is 4.51. The molecule has 0 saturated heterocycles. The van der Waals surface area contributed by atoms with Gasteiger partial charge in [0, 0.05) is 12.0 Å². The molecule has 1 atom stereocenters. The number of benzene rings is 2. The number of oxazole rings is 1. The Kier molecular flexibility index (Phi) is 6.31. The number of thiocarbonyl (C=S) groups is 1. The lowest BCUT2D eigenvalue weighted by atomic mass is 9.98. The molecule has 0 aliphatic carbocycles. The lowest BCUT2D eigenvalue weighted by molar-refractivity contribution is -0.119. The number of rotatable bonds is 5. The molecule has 0 saturated carbocycles. The van der Waals surface area contributed by atoms with Gasteiger partial charge < -0.3 is 15.1 Å². The molecule has 3 rings (SSSR count). The van der Waals surface area contributed by atoms with Crippen LogP contribution < -0.4 is 10.6 Å². The Morgan fingerprint density at radius 1 is 1.25 bits per heavy atom. The van der Waals surface area contributed by atoms with Gasteiger partial charge in [0.1, 0.15) is 5.52 Å². The van der Waals surface area contributed by atoms with E-state index in [-0.39, 0.29) is 11.0 Å². The second-order valence-corrected chi connectivity index (χ2v) is 7.42. The average molecular weight is 416 g/mol. The van der Waals surface area contributed by atoms with E-state index in [2.05, 4.69) is 41.6 Å². The van der Waals surface area contributed by atoms with Crippen LogP contribution in [-0.2, 0) is 4.79 Å². The van der Waals surface area contributed by atoms with Gasteiger partial charge in [-0.3, -0.25) is 4.79 Å². The second-order valence-electron chi connectivity index (χ2n) is 6.61. The van der Waals surface area contributed by atoms with Crippen molar-refractivity contribution in [3.63, 3.8) is 0 Å². The largest absolute Gasteiger partial charge is 0.436 e. The summed E-state index contributed by atoms with van der Waals surface area (Å²) in [5, 5.41) is 6.22. The third-order valence-corrected chi connectivity index (χ3v) is 5.16.